The molecule has 4 aliphatic rings. The zero-order valence-corrected chi connectivity index (χ0v) is 25.2. The van der Waals surface area contributed by atoms with E-state index in [2.05, 4.69) is 25.0 Å². The summed E-state index contributed by atoms with van der Waals surface area (Å²) >= 11 is 1.72. The Kier molecular flexibility index (Phi) is 10.4. The van der Waals surface area contributed by atoms with Gasteiger partial charge in [0.15, 0.2) is 0 Å². The van der Waals surface area contributed by atoms with Crippen molar-refractivity contribution in [2.75, 3.05) is 72.2 Å². The molecular formula is C30H48N4O5S. The third-order valence-corrected chi connectivity index (χ3v) is 11.2. The zero-order valence-electron chi connectivity index (χ0n) is 24.4. The highest BCUT2D eigenvalue weighted by molar-refractivity contribution is 8.02. The average molecular weight is 577 g/mol. The first-order valence-electron chi connectivity index (χ1n) is 15.0. The maximum Gasteiger partial charge on any atom is 0.247 e. The first-order chi connectivity index (χ1) is 19.3. The molecule has 4 heterocycles. The molecule has 5 atom stereocenters. The van der Waals surface area contributed by atoms with Crippen molar-refractivity contribution in [1.29, 1.82) is 0 Å². The minimum absolute atomic E-state index is 0.00958. The molecule has 3 amide bonds. The number of carbonyl (C=O) groups is 3. The molecule has 0 radical (unpaired) electrons. The zero-order chi connectivity index (χ0) is 28.9. The van der Waals surface area contributed by atoms with Gasteiger partial charge in [-0.1, -0.05) is 19.1 Å². The highest BCUT2D eigenvalue weighted by Crippen LogP contribution is 2.71. The largest absolute Gasteiger partial charge is 0.396 e. The maximum atomic E-state index is 14.5. The van der Waals surface area contributed by atoms with Gasteiger partial charge in [-0.2, -0.15) is 0 Å². The summed E-state index contributed by atoms with van der Waals surface area (Å²) in [7, 11) is 0. The van der Waals surface area contributed by atoms with Gasteiger partial charge in [0.1, 0.15) is 6.04 Å². The van der Waals surface area contributed by atoms with Crippen LogP contribution < -0.4 is 0 Å². The fourth-order valence-electron chi connectivity index (χ4n) is 7.34. The summed E-state index contributed by atoms with van der Waals surface area (Å²) < 4.78 is 4.46. The fourth-order valence-corrected chi connectivity index (χ4v) is 9.68. The van der Waals surface area contributed by atoms with Crippen LogP contribution in [0.2, 0.25) is 0 Å². The number of ether oxygens (including phenoxy) is 1. The Balaban J connectivity index is 1.66. The van der Waals surface area contributed by atoms with Crippen LogP contribution in [0.5, 0.6) is 0 Å². The van der Waals surface area contributed by atoms with Crippen LogP contribution in [0.25, 0.3) is 0 Å². The molecule has 0 aromatic heterocycles. The number of likely N-dealkylation sites (tertiary alicyclic amines) is 1. The Morgan fingerprint density at radius 2 is 1.75 bits per heavy atom. The number of morpholine rings is 1. The summed E-state index contributed by atoms with van der Waals surface area (Å²) in [5, 5.41) is 9.44. The molecule has 4 rings (SSSR count). The van der Waals surface area contributed by atoms with E-state index in [1.54, 1.807) is 28.8 Å². The van der Waals surface area contributed by atoms with Gasteiger partial charge in [-0.25, -0.2) is 0 Å². The van der Waals surface area contributed by atoms with E-state index in [9.17, 15) is 19.5 Å². The number of aliphatic hydroxyl groups is 1. The van der Waals surface area contributed by atoms with Crippen molar-refractivity contribution in [2.45, 2.75) is 61.5 Å². The number of nitrogens with zero attached hydrogens (tertiary/aromatic N) is 4. The lowest BCUT2D eigenvalue weighted by molar-refractivity contribution is -0.145. The van der Waals surface area contributed by atoms with E-state index >= 15 is 0 Å². The second-order valence-electron chi connectivity index (χ2n) is 11.8. The number of thioether (sulfide) groups is 1. The van der Waals surface area contributed by atoms with Crippen LogP contribution in [0.1, 0.15) is 46.0 Å². The topological polar surface area (TPSA) is 93.6 Å². The fraction of sp³-hybridized carbons (Fsp3) is 0.767. The van der Waals surface area contributed by atoms with Crippen molar-refractivity contribution >= 4 is 29.5 Å². The Labute approximate surface area is 243 Å². The van der Waals surface area contributed by atoms with Crippen molar-refractivity contribution in [1.82, 2.24) is 19.6 Å². The van der Waals surface area contributed by atoms with Gasteiger partial charge in [-0.3, -0.25) is 19.3 Å². The third-order valence-electron chi connectivity index (χ3n) is 9.19. The molecule has 9 nitrogen and oxygen atoms in total. The minimum Gasteiger partial charge on any atom is -0.396 e. The molecule has 2 bridgehead atoms. The number of hydrogen-bond acceptors (Lipinski definition) is 7. The van der Waals surface area contributed by atoms with Crippen molar-refractivity contribution in [2.24, 2.45) is 11.8 Å². The van der Waals surface area contributed by atoms with Crippen LogP contribution in [0.3, 0.4) is 0 Å². The molecule has 4 aliphatic heterocycles. The van der Waals surface area contributed by atoms with Crippen molar-refractivity contribution in [3.05, 3.63) is 25.3 Å². The van der Waals surface area contributed by atoms with E-state index in [1.807, 2.05) is 16.7 Å². The summed E-state index contributed by atoms with van der Waals surface area (Å²) in [6.07, 6.45) is 7.04. The molecule has 10 heteroatoms. The number of aliphatic hydroxyl groups excluding tert-OH is 1. The Hall–Kier alpha value is -1.88. The molecule has 1 spiro atoms. The van der Waals surface area contributed by atoms with Gasteiger partial charge in [-0.15, -0.1) is 24.9 Å². The summed E-state index contributed by atoms with van der Waals surface area (Å²) in [6.45, 7) is 18.2. The van der Waals surface area contributed by atoms with Gasteiger partial charge in [0.05, 0.1) is 29.8 Å². The smallest absolute Gasteiger partial charge is 0.247 e. The second kappa shape index (κ2) is 13.4. The quantitative estimate of drug-likeness (QED) is 0.236. The van der Waals surface area contributed by atoms with Gasteiger partial charge >= 0.3 is 0 Å². The lowest BCUT2D eigenvalue weighted by Crippen LogP contribution is -2.56. The molecule has 4 fully saturated rings. The van der Waals surface area contributed by atoms with Crippen LogP contribution >= 0.6 is 11.8 Å². The van der Waals surface area contributed by atoms with Gasteiger partial charge in [-0.05, 0) is 39.0 Å². The number of fused-ring (bicyclic) bond motifs is 1. The first-order valence-corrected chi connectivity index (χ1v) is 15.8. The Morgan fingerprint density at radius 1 is 1.07 bits per heavy atom. The molecular weight excluding hydrogens is 528 g/mol. The van der Waals surface area contributed by atoms with Crippen LogP contribution in [0.15, 0.2) is 25.3 Å². The molecule has 2 unspecified atom stereocenters. The Bertz CT molecular complexity index is 958. The maximum absolute atomic E-state index is 14.5. The highest BCUT2D eigenvalue weighted by atomic mass is 32.2. The third kappa shape index (κ3) is 5.74. The summed E-state index contributed by atoms with van der Waals surface area (Å²) in [4.78, 5) is 50.7. The number of amides is 3. The van der Waals surface area contributed by atoms with Gasteiger partial charge in [0.25, 0.3) is 0 Å². The van der Waals surface area contributed by atoms with Crippen molar-refractivity contribution in [3.63, 3.8) is 0 Å². The standard InChI is InChI=1S/C30H48N4O5S/c1-5-12-32(13-6-2)26(36)23-24-27(37)34(15-8-9-20-35)25(30(24)11-10-29(23,4)40-30)28(38)33(14-7-3)17-16-31-18-21-39-22-19-31/h5,7,23-25,35H,1,3,6,8-22H2,2,4H3/t23-,24+,25?,29+,30?/m1/s1. The van der Waals surface area contributed by atoms with Crippen LogP contribution in [0, 0.1) is 11.8 Å². The van der Waals surface area contributed by atoms with E-state index in [0.717, 1.165) is 38.9 Å². The lowest BCUT2D eigenvalue weighted by Gasteiger charge is -2.38. The lowest BCUT2D eigenvalue weighted by atomic mass is 9.66. The second-order valence-corrected chi connectivity index (χ2v) is 13.7. The predicted molar refractivity (Wildman–Crippen MR) is 158 cm³/mol. The van der Waals surface area contributed by atoms with E-state index in [0.29, 0.717) is 58.8 Å². The number of carbonyl (C=O) groups excluding carboxylic acids is 3. The molecule has 0 saturated carbocycles. The molecule has 0 aromatic carbocycles. The molecule has 0 aliphatic carbocycles. The normalized spacial score (nSPS) is 31.3. The first kappa shape index (κ1) is 31.1. The average Bonchev–Trinajstić information content (AvgIpc) is 3.51. The van der Waals surface area contributed by atoms with Crippen molar-refractivity contribution in [3.8, 4) is 0 Å². The van der Waals surface area contributed by atoms with Crippen LogP contribution in [0.4, 0.5) is 0 Å². The molecule has 224 valence electrons. The number of rotatable bonds is 15. The van der Waals surface area contributed by atoms with E-state index in [1.165, 1.54) is 0 Å². The van der Waals surface area contributed by atoms with Crippen molar-refractivity contribution < 1.29 is 24.2 Å². The molecule has 1 N–H and O–H groups in total. The molecule has 0 aromatic rings. The Morgan fingerprint density at radius 3 is 2.38 bits per heavy atom. The summed E-state index contributed by atoms with van der Waals surface area (Å²) in [5.41, 5.74) is 0. The van der Waals surface area contributed by atoms with Gasteiger partial charge in [0, 0.05) is 63.7 Å². The molecule has 4 saturated heterocycles. The van der Waals surface area contributed by atoms with Crippen LogP contribution in [-0.4, -0.2) is 130 Å². The summed E-state index contributed by atoms with van der Waals surface area (Å²) in [5.74, 6) is -1.11. The van der Waals surface area contributed by atoms with E-state index in [4.69, 9.17) is 4.74 Å². The molecule has 40 heavy (non-hydrogen) atoms. The summed E-state index contributed by atoms with van der Waals surface area (Å²) in [6, 6.07) is -0.628. The predicted octanol–water partition coefficient (Wildman–Crippen LogP) is 2.01. The van der Waals surface area contributed by atoms with Crippen LogP contribution in [-0.2, 0) is 19.1 Å². The number of unbranched alkanes of at least 4 members (excludes halogenated alkanes) is 1. The van der Waals surface area contributed by atoms with Gasteiger partial charge < -0.3 is 24.5 Å². The van der Waals surface area contributed by atoms with E-state index in [-0.39, 0.29) is 24.3 Å². The monoisotopic (exact) mass is 576 g/mol. The highest BCUT2D eigenvalue weighted by Gasteiger charge is 2.77. The minimum atomic E-state index is -0.632. The van der Waals surface area contributed by atoms with E-state index < -0.39 is 27.4 Å². The van der Waals surface area contributed by atoms with Gasteiger partial charge in [0.2, 0.25) is 17.7 Å². The SMILES string of the molecule is C=CCN(CCN1CCOCC1)C(=O)C1N(CCCCO)C(=O)[C@@H]2[C@H](C(=O)N(CC=C)CCC)[C@]3(C)CCC12S3. The number of hydrogen-bond donors (Lipinski definition) is 1.